The molecule has 0 aliphatic carbocycles. The van der Waals surface area contributed by atoms with Gasteiger partial charge in [0.25, 0.3) is 10.0 Å². The molecule has 0 atom stereocenters. The summed E-state index contributed by atoms with van der Waals surface area (Å²) in [5.41, 5.74) is 4.79. The van der Waals surface area contributed by atoms with E-state index in [4.69, 9.17) is 4.74 Å². The zero-order valence-corrected chi connectivity index (χ0v) is 29.2. The van der Waals surface area contributed by atoms with Gasteiger partial charge < -0.3 is 15.0 Å². The van der Waals surface area contributed by atoms with Crippen molar-refractivity contribution in [3.05, 3.63) is 103 Å². The zero-order valence-electron chi connectivity index (χ0n) is 27.5. The number of ether oxygens (including phenoxy) is 1. The molecule has 3 heterocycles. The predicted molar refractivity (Wildman–Crippen MR) is 197 cm³/mol. The highest BCUT2D eigenvalue weighted by Gasteiger charge is 2.21. The van der Waals surface area contributed by atoms with E-state index in [2.05, 4.69) is 73.5 Å². The summed E-state index contributed by atoms with van der Waals surface area (Å²) in [5.74, 6) is 1.51. The van der Waals surface area contributed by atoms with E-state index in [0.717, 1.165) is 58.4 Å². The number of likely N-dealkylation sites (tertiary alicyclic amines) is 1. The third-order valence-electron chi connectivity index (χ3n) is 8.81. The second kappa shape index (κ2) is 15.7. The number of nitrogens with zero attached hydrogens (tertiary/aromatic N) is 5. The fourth-order valence-electron chi connectivity index (χ4n) is 6.04. The highest BCUT2D eigenvalue weighted by Crippen LogP contribution is 2.38. The standard InChI is InChI=1S/C37H39N7O3S2.2H2/c1-26(2)44-18-14-27(15-19-44)12-16-39-24-32-20-30(13-17-40-32)34-22-29(28-6-4-3-5-7-28)8-10-36(34)47-35-11-9-33(21-31(35)23-38)49(45,46)43-37-41-25-42-48-37;;/h3-11,13,17,20-22,25-27,39H,12,14-16,18-19,24H2,1-2H3,(H,41,42,43);2*1H. The van der Waals surface area contributed by atoms with Crippen molar-refractivity contribution in [2.75, 3.05) is 24.4 Å². The second-order valence-corrected chi connectivity index (χ2v) is 14.8. The largest absolute Gasteiger partial charge is 0.455 e. The van der Waals surface area contributed by atoms with Crippen LogP contribution in [0.15, 0.2) is 96.3 Å². The number of hydrogen-bond donors (Lipinski definition) is 2. The molecule has 0 bridgehead atoms. The van der Waals surface area contributed by atoms with E-state index in [9.17, 15) is 13.7 Å². The third kappa shape index (κ3) is 8.68. The van der Waals surface area contributed by atoms with Crippen LogP contribution in [0.3, 0.4) is 0 Å². The van der Waals surface area contributed by atoms with E-state index in [1.54, 1.807) is 6.20 Å². The summed E-state index contributed by atoms with van der Waals surface area (Å²) in [6, 6.07) is 26.9. The molecule has 1 fully saturated rings. The van der Waals surface area contributed by atoms with E-state index in [1.807, 2.05) is 36.4 Å². The molecule has 0 saturated carbocycles. The van der Waals surface area contributed by atoms with Crippen LogP contribution in [0.5, 0.6) is 11.5 Å². The zero-order chi connectivity index (χ0) is 34.2. The number of piperidine rings is 1. The van der Waals surface area contributed by atoms with Crippen LogP contribution in [-0.4, -0.2) is 53.3 Å². The number of rotatable bonds is 13. The summed E-state index contributed by atoms with van der Waals surface area (Å²) < 4.78 is 38.5. The van der Waals surface area contributed by atoms with Crippen LogP contribution >= 0.6 is 11.5 Å². The van der Waals surface area contributed by atoms with Gasteiger partial charge in [0.15, 0.2) is 0 Å². The normalized spacial score (nSPS) is 14.1. The Morgan fingerprint density at radius 2 is 1.78 bits per heavy atom. The number of benzene rings is 3. The van der Waals surface area contributed by atoms with Gasteiger partial charge >= 0.3 is 0 Å². The molecule has 0 spiro atoms. The van der Waals surface area contributed by atoms with Crippen LogP contribution in [0.1, 0.15) is 47.2 Å². The van der Waals surface area contributed by atoms with Gasteiger partial charge in [0.2, 0.25) is 5.13 Å². The molecule has 2 N–H and O–H groups in total. The van der Waals surface area contributed by atoms with Crippen molar-refractivity contribution < 1.29 is 16.0 Å². The number of nitrogens with one attached hydrogen (secondary N) is 2. The van der Waals surface area contributed by atoms with Gasteiger partial charge in [-0.05, 0) is 118 Å². The molecule has 12 heteroatoms. The molecule has 6 rings (SSSR count). The quantitative estimate of drug-likeness (QED) is 0.118. The average molecular weight is 698 g/mol. The van der Waals surface area contributed by atoms with Gasteiger partial charge in [-0.3, -0.25) is 9.71 Å². The van der Waals surface area contributed by atoms with E-state index >= 15 is 0 Å². The van der Waals surface area contributed by atoms with Crippen molar-refractivity contribution in [1.29, 1.82) is 5.26 Å². The molecule has 2 aromatic heterocycles. The fraction of sp³-hybridized carbons (Fsp3) is 0.297. The highest BCUT2D eigenvalue weighted by atomic mass is 32.2. The SMILES string of the molecule is CC(C)N1CCC(CCNCc2cc(-c3cc(-c4ccccc4)ccc3Oc3ccc(S(=O)(=O)Nc4ncns4)cc3C#N)ccn2)CC1.[HH].[HH]. The van der Waals surface area contributed by atoms with Gasteiger partial charge in [0.05, 0.1) is 16.2 Å². The number of anilines is 1. The van der Waals surface area contributed by atoms with Crippen molar-refractivity contribution in [1.82, 2.24) is 24.6 Å². The first-order valence-corrected chi connectivity index (χ1v) is 18.7. The Morgan fingerprint density at radius 3 is 2.51 bits per heavy atom. The van der Waals surface area contributed by atoms with Crippen LogP contribution < -0.4 is 14.8 Å². The van der Waals surface area contributed by atoms with Gasteiger partial charge in [-0.1, -0.05) is 36.4 Å². The maximum atomic E-state index is 13.0. The molecule has 1 saturated heterocycles. The highest BCUT2D eigenvalue weighted by molar-refractivity contribution is 7.93. The predicted octanol–water partition coefficient (Wildman–Crippen LogP) is 7.82. The molecular weight excluding hydrogens is 655 g/mol. The van der Waals surface area contributed by atoms with E-state index in [1.165, 1.54) is 50.5 Å². The van der Waals surface area contributed by atoms with Crippen molar-refractivity contribution in [2.24, 2.45) is 5.92 Å². The lowest BCUT2D eigenvalue weighted by molar-refractivity contribution is 0.145. The Hall–Kier alpha value is -4.67. The maximum Gasteiger partial charge on any atom is 0.263 e. The number of pyridine rings is 1. The van der Waals surface area contributed by atoms with Gasteiger partial charge in [-0.15, -0.1) is 0 Å². The number of nitriles is 1. The van der Waals surface area contributed by atoms with Gasteiger partial charge in [0, 0.05) is 38.7 Å². The molecule has 10 nitrogen and oxygen atoms in total. The molecular formula is C37H43N7O3S2. The summed E-state index contributed by atoms with van der Waals surface area (Å²) in [6.45, 7) is 8.49. The van der Waals surface area contributed by atoms with E-state index < -0.39 is 10.0 Å². The molecule has 1 aliphatic heterocycles. The monoisotopic (exact) mass is 697 g/mol. The summed E-state index contributed by atoms with van der Waals surface area (Å²) in [5, 5.41) is 13.7. The summed E-state index contributed by atoms with van der Waals surface area (Å²) in [4.78, 5) is 11.0. The first-order chi connectivity index (χ1) is 23.8. The second-order valence-electron chi connectivity index (χ2n) is 12.4. The molecule has 0 amide bonds. The molecule has 0 radical (unpaired) electrons. The Bertz CT molecular complexity index is 2020. The Balaban J connectivity index is 0.00000292. The number of aromatic nitrogens is 3. The topological polar surface area (TPSA) is 133 Å². The Labute approximate surface area is 295 Å². The first kappa shape index (κ1) is 34.2. The lowest BCUT2D eigenvalue weighted by atomic mass is 9.93. The van der Waals surface area contributed by atoms with Crippen LogP contribution in [0.2, 0.25) is 0 Å². The molecule has 1 aliphatic rings. The summed E-state index contributed by atoms with van der Waals surface area (Å²) >= 11 is 0.920. The van der Waals surface area contributed by atoms with Gasteiger partial charge in [-0.2, -0.15) is 9.64 Å². The lowest BCUT2D eigenvalue weighted by Crippen LogP contribution is -2.39. The fourth-order valence-corrected chi connectivity index (χ4v) is 7.73. The molecule has 49 heavy (non-hydrogen) atoms. The van der Waals surface area contributed by atoms with Crippen molar-refractivity contribution >= 4 is 26.7 Å². The summed E-state index contributed by atoms with van der Waals surface area (Å²) in [7, 11) is -3.98. The van der Waals surface area contributed by atoms with Crippen LogP contribution in [0, 0.1) is 17.2 Å². The van der Waals surface area contributed by atoms with E-state index in [-0.39, 0.29) is 24.2 Å². The van der Waals surface area contributed by atoms with Crippen LogP contribution in [-0.2, 0) is 16.6 Å². The van der Waals surface area contributed by atoms with Gasteiger partial charge in [0.1, 0.15) is 23.9 Å². The van der Waals surface area contributed by atoms with Crippen molar-refractivity contribution in [3.8, 4) is 39.8 Å². The number of sulfonamides is 1. The average Bonchev–Trinajstić information content (AvgIpc) is 3.63. The minimum Gasteiger partial charge on any atom is -0.455 e. The molecule has 3 aromatic carbocycles. The van der Waals surface area contributed by atoms with Crippen molar-refractivity contribution in [3.63, 3.8) is 0 Å². The maximum absolute atomic E-state index is 13.0. The first-order valence-electron chi connectivity index (χ1n) is 16.4. The van der Waals surface area contributed by atoms with Gasteiger partial charge in [-0.25, -0.2) is 13.4 Å². The minimum absolute atomic E-state index is 0. The van der Waals surface area contributed by atoms with Crippen LogP contribution in [0.25, 0.3) is 22.3 Å². The molecule has 5 aromatic rings. The minimum atomic E-state index is -3.98. The Morgan fingerprint density at radius 1 is 0.980 bits per heavy atom. The molecule has 256 valence electrons. The van der Waals surface area contributed by atoms with Crippen LogP contribution in [0.4, 0.5) is 5.13 Å². The third-order valence-corrected chi connectivity index (χ3v) is 10.9. The smallest absolute Gasteiger partial charge is 0.263 e. The lowest BCUT2D eigenvalue weighted by Gasteiger charge is -2.34. The van der Waals surface area contributed by atoms with E-state index in [0.29, 0.717) is 18.3 Å². The summed E-state index contributed by atoms with van der Waals surface area (Å²) in [6.07, 6.45) is 6.73. The molecule has 0 unspecified atom stereocenters. The Kier molecular flexibility index (Phi) is 11.0. The van der Waals surface area contributed by atoms with Crippen molar-refractivity contribution in [2.45, 2.75) is 50.6 Å². The number of hydrogen-bond acceptors (Lipinski definition) is 10.